The van der Waals surface area contributed by atoms with Crippen LogP contribution in [0.5, 0.6) is 5.75 Å². The standard InChI is InChI=1S/C24H21BrN2O4S/c1-4-17-20(23(29)31-3)21(14-8-6-5-7-9-14)27-22(28)19(32-24(27)26-17)13-15-12-16(25)10-11-18(15)30-2/h5-13,21H,4H2,1-3H3/b19-13+/t21-/m0/s1. The van der Waals surface area contributed by atoms with E-state index in [1.165, 1.54) is 18.4 Å². The lowest BCUT2D eigenvalue weighted by Gasteiger charge is -2.25. The van der Waals surface area contributed by atoms with Gasteiger partial charge in [-0.15, -0.1) is 0 Å². The van der Waals surface area contributed by atoms with E-state index < -0.39 is 12.0 Å². The molecule has 2 aromatic carbocycles. The molecule has 0 saturated carbocycles. The summed E-state index contributed by atoms with van der Waals surface area (Å²) in [7, 11) is 2.93. The highest BCUT2D eigenvalue weighted by molar-refractivity contribution is 9.10. The number of aromatic nitrogens is 1. The molecule has 0 fully saturated rings. The van der Waals surface area contributed by atoms with E-state index >= 15 is 0 Å². The number of ether oxygens (including phenoxy) is 2. The molecule has 0 N–H and O–H groups in total. The van der Waals surface area contributed by atoms with Crippen LogP contribution < -0.4 is 19.6 Å². The van der Waals surface area contributed by atoms with Crippen LogP contribution in [0, 0.1) is 0 Å². The molecule has 6 nitrogen and oxygen atoms in total. The van der Waals surface area contributed by atoms with Crippen LogP contribution in [0.2, 0.25) is 0 Å². The number of hydrogen-bond donors (Lipinski definition) is 0. The second kappa shape index (κ2) is 9.26. The Morgan fingerprint density at radius 1 is 1.22 bits per heavy atom. The molecule has 0 aliphatic carbocycles. The minimum absolute atomic E-state index is 0.221. The molecule has 0 saturated heterocycles. The van der Waals surface area contributed by atoms with Gasteiger partial charge in [0, 0.05) is 10.0 Å². The first-order chi connectivity index (χ1) is 15.5. The lowest BCUT2D eigenvalue weighted by atomic mass is 9.95. The van der Waals surface area contributed by atoms with Gasteiger partial charge in [-0.25, -0.2) is 9.79 Å². The molecule has 1 aliphatic rings. The molecule has 4 rings (SSSR count). The van der Waals surface area contributed by atoms with E-state index in [4.69, 9.17) is 9.47 Å². The van der Waals surface area contributed by atoms with Crippen molar-refractivity contribution in [3.05, 3.63) is 95.1 Å². The predicted octanol–water partition coefficient (Wildman–Crippen LogP) is 3.57. The van der Waals surface area contributed by atoms with Gasteiger partial charge in [-0.3, -0.25) is 9.36 Å². The summed E-state index contributed by atoms with van der Waals surface area (Å²) in [6.07, 6.45) is 2.33. The number of fused-ring (bicyclic) bond motifs is 1. The number of halogens is 1. The number of methoxy groups -OCH3 is 2. The highest BCUT2D eigenvalue weighted by Gasteiger charge is 2.33. The zero-order valence-corrected chi connectivity index (χ0v) is 20.2. The zero-order chi connectivity index (χ0) is 22.8. The molecule has 3 aromatic rings. The van der Waals surface area contributed by atoms with Gasteiger partial charge >= 0.3 is 5.97 Å². The molecule has 0 bridgehead atoms. The fourth-order valence-electron chi connectivity index (χ4n) is 3.77. The molecule has 0 radical (unpaired) electrons. The topological polar surface area (TPSA) is 69.9 Å². The molecule has 1 aromatic heterocycles. The van der Waals surface area contributed by atoms with Crippen molar-refractivity contribution in [2.75, 3.05) is 14.2 Å². The Bertz CT molecular complexity index is 1390. The summed E-state index contributed by atoms with van der Waals surface area (Å²) in [6, 6.07) is 14.5. The third kappa shape index (κ3) is 3.96. The van der Waals surface area contributed by atoms with Crippen LogP contribution in [0.4, 0.5) is 0 Å². The molecular weight excluding hydrogens is 492 g/mol. The average Bonchev–Trinajstić information content (AvgIpc) is 3.12. The molecule has 1 atom stereocenters. The van der Waals surface area contributed by atoms with E-state index in [2.05, 4.69) is 20.9 Å². The van der Waals surface area contributed by atoms with Crippen molar-refractivity contribution in [2.45, 2.75) is 19.4 Å². The van der Waals surface area contributed by atoms with Gasteiger partial charge in [0.15, 0.2) is 4.80 Å². The van der Waals surface area contributed by atoms with Crippen LogP contribution in [-0.2, 0) is 9.53 Å². The SMILES string of the molecule is CCC1=C(C(=O)OC)[C@H](c2ccccc2)n2c(s/c(=C/c3cc(Br)ccc3OC)c2=O)=N1. The molecule has 8 heteroatoms. The first kappa shape index (κ1) is 22.2. The summed E-state index contributed by atoms with van der Waals surface area (Å²) >= 11 is 4.76. The van der Waals surface area contributed by atoms with Gasteiger partial charge in [-0.05, 0) is 36.3 Å². The van der Waals surface area contributed by atoms with Gasteiger partial charge in [0.25, 0.3) is 5.56 Å². The van der Waals surface area contributed by atoms with Gasteiger partial charge in [0.05, 0.1) is 36.1 Å². The number of esters is 1. The van der Waals surface area contributed by atoms with Gasteiger partial charge in [0.1, 0.15) is 5.75 Å². The number of carbonyl (C=O) groups is 1. The number of benzene rings is 2. The Hall–Kier alpha value is -2.97. The molecule has 1 aliphatic heterocycles. The molecule has 0 spiro atoms. The highest BCUT2D eigenvalue weighted by Crippen LogP contribution is 2.31. The van der Waals surface area contributed by atoms with E-state index in [9.17, 15) is 9.59 Å². The quantitative estimate of drug-likeness (QED) is 0.490. The summed E-state index contributed by atoms with van der Waals surface area (Å²) in [5, 5.41) is 0. The van der Waals surface area contributed by atoms with Crippen LogP contribution in [0.15, 0.2) is 74.1 Å². The molecule has 2 heterocycles. The maximum atomic E-state index is 13.6. The highest BCUT2D eigenvalue weighted by atomic mass is 79.9. The smallest absolute Gasteiger partial charge is 0.338 e. The van der Waals surface area contributed by atoms with Gasteiger partial charge in [-0.1, -0.05) is 64.5 Å². The number of thiazole rings is 1. The second-order valence-electron chi connectivity index (χ2n) is 7.09. The Morgan fingerprint density at radius 2 is 1.97 bits per heavy atom. The monoisotopic (exact) mass is 512 g/mol. The fraction of sp³-hybridized carbons (Fsp3) is 0.208. The lowest BCUT2D eigenvalue weighted by Crippen LogP contribution is -2.40. The largest absolute Gasteiger partial charge is 0.496 e. The summed E-state index contributed by atoms with van der Waals surface area (Å²) in [6.45, 7) is 1.94. The van der Waals surface area contributed by atoms with Crippen LogP contribution in [0.25, 0.3) is 6.08 Å². The third-order valence-electron chi connectivity index (χ3n) is 5.24. The van der Waals surface area contributed by atoms with Crippen LogP contribution in [0.3, 0.4) is 0 Å². The van der Waals surface area contributed by atoms with Gasteiger partial charge < -0.3 is 9.47 Å². The molecule has 164 valence electrons. The summed E-state index contributed by atoms with van der Waals surface area (Å²) in [5.74, 6) is 0.172. The van der Waals surface area contributed by atoms with Crippen LogP contribution >= 0.6 is 27.3 Å². The van der Waals surface area contributed by atoms with E-state index in [1.54, 1.807) is 17.8 Å². The van der Waals surface area contributed by atoms with Crippen molar-refractivity contribution >= 4 is 39.3 Å². The molecule has 0 unspecified atom stereocenters. The van der Waals surface area contributed by atoms with Crippen molar-refractivity contribution in [3.63, 3.8) is 0 Å². The van der Waals surface area contributed by atoms with Crippen molar-refractivity contribution < 1.29 is 14.3 Å². The van der Waals surface area contributed by atoms with Crippen molar-refractivity contribution in [2.24, 2.45) is 4.99 Å². The number of carbonyl (C=O) groups excluding carboxylic acids is 1. The second-order valence-corrected chi connectivity index (χ2v) is 9.01. The number of hydrogen-bond acceptors (Lipinski definition) is 6. The fourth-order valence-corrected chi connectivity index (χ4v) is 5.16. The average molecular weight is 513 g/mol. The minimum atomic E-state index is -0.610. The summed E-state index contributed by atoms with van der Waals surface area (Å²) < 4.78 is 13.5. The number of allylic oxidation sites excluding steroid dienone is 1. The van der Waals surface area contributed by atoms with Crippen LogP contribution in [-0.4, -0.2) is 24.8 Å². The maximum Gasteiger partial charge on any atom is 0.338 e. The Kier molecular flexibility index (Phi) is 6.43. The van der Waals surface area contributed by atoms with E-state index in [0.29, 0.717) is 32.8 Å². The first-order valence-electron chi connectivity index (χ1n) is 10.00. The Balaban J connectivity index is 2.01. The Labute approximate surface area is 197 Å². The normalized spacial score (nSPS) is 15.9. The van der Waals surface area contributed by atoms with Crippen molar-refractivity contribution in [1.29, 1.82) is 0 Å². The minimum Gasteiger partial charge on any atom is -0.496 e. The number of rotatable bonds is 5. The van der Waals surface area contributed by atoms with Crippen molar-refractivity contribution in [3.8, 4) is 5.75 Å². The van der Waals surface area contributed by atoms with E-state index in [1.807, 2.05) is 55.5 Å². The molecule has 0 amide bonds. The van der Waals surface area contributed by atoms with Crippen LogP contribution in [0.1, 0.15) is 30.5 Å². The first-order valence-corrected chi connectivity index (χ1v) is 11.6. The maximum absolute atomic E-state index is 13.6. The van der Waals surface area contributed by atoms with Gasteiger partial charge in [0.2, 0.25) is 0 Å². The number of nitrogens with zero attached hydrogens (tertiary/aromatic N) is 2. The van der Waals surface area contributed by atoms with Gasteiger partial charge in [-0.2, -0.15) is 0 Å². The molecular formula is C24H21BrN2O4S. The van der Waals surface area contributed by atoms with E-state index in [-0.39, 0.29) is 5.56 Å². The van der Waals surface area contributed by atoms with E-state index in [0.717, 1.165) is 15.6 Å². The van der Waals surface area contributed by atoms with Crippen molar-refractivity contribution in [1.82, 2.24) is 4.57 Å². The predicted molar refractivity (Wildman–Crippen MR) is 128 cm³/mol. The Morgan fingerprint density at radius 3 is 2.62 bits per heavy atom. The summed E-state index contributed by atoms with van der Waals surface area (Å²) in [5.41, 5.74) is 2.38. The third-order valence-corrected chi connectivity index (χ3v) is 6.72. The summed E-state index contributed by atoms with van der Waals surface area (Å²) in [4.78, 5) is 31.6. The lowest BCUT2D eigenvalue weighted by molar-refractivity contribution is -0.136. The zero-order valence-electron chi connectivity index (χ0n) is 17.8. The molecule has 32 heavy (non-hydrogen) atoms.